The van der Waals surface area contributed by atoms with Crippen LogP contribution in [0.4, 0.5) is 11.4 Å². The van der Waals surface area contributed by atoms with Crippen LogP contribution in [0.5, 0.6) is 0 Å². The molecule has 0 fully saturated rings. The molecular weight excluding hydrogens is 276 g/mol. The van der Waals surface area contributed by atoms with Crippen LogP contribution in [-0.2, 0) is 9.59 Å². The molecule has 0 aliphatic rings. The van der Waals surface area contributed by atoms with Crippen molar-refractivity contribution in [1.29, 1.82) is 0 Å². The monoisotopic (exact) mass is 296 g/mol. The summed E-state index contributed by atoms with van der Waals surface area (Å²) >= 11 is 0. The molecule has 0 unspecified atom stereocenters. The number of aryl methyl sites for hydroxylation is 4. The van der Waals surface area contributed by atoms with Crippen LogP contribution >= 0.6 is 0 Å². The van der Waals surface area contributed by atoms with Gasteiger partial charge in [0, 0.05) is 11.4 Å². The van der Waals surface area contributed by atoms with E-state index in [0.29, 0.717) is 11.4 Å². The van der Waals surface area contributed by atoms with Crippen molar-refractivity contribution in [3.8, 4) is 0 Å². The molecule has 0 aromatic heterocycles. The molecule has 2 amide bonds. The lowest BCUT2D eigenvalue weighted by Crippen LogP contribution is -2.29. The van der Waals surface area contributed by atoms with Gasteiger partial charge in [-0.2, -0.15) is 0 Å². The maximum absolute atomic E-state index is 12.0. The number of carbonyl (C=O) groups is 2. The Bertz CT molecular complexity index is 672. The van der Waals surface area contributed by atoms with Crippen molar-refractivity contribution in [2.45, 2.75) is 27.7 Å². The van der Waals surface area contributed by atoms with Crippen LogP contribution in [0.3, 0.4) is 0 Å². The third-order valence-electron chi connectivity index (χ3n) is 3.47. The van der Waals surface area contributed by atoms with Gasteiger partial charge in [-0.05, 0) is 51.0 Å². The van der Waals surface area contributed by atoms with Crippen molar-refractivity contribution in [2.24, 2.45) is 0 Å². The van der Waals surface area contributed by atoms with Crippen molar-refractivity contribution in [3.63, 3.8) is 0 Å². The summed E-state index contributed by atoms with van der Waals surface area (Å²) in [6, 6.07) is 11.3. The van der Waals surface area contributed by atoms with E-state index in [2.05, 4.69) is 10.6 Å². The Morgan fingerprint density at radius 3 is 1.36 bits per heavy atom. The molecule has 0 spiro atoms. The number of anilines is 2. The highest BCUT2D eigenvalue weighted by Crippen LogP contribution is 2.18. The minimum absolute atomic E-state index is 0.645. The summed E-state index contributed by atoms with van der Waals surface area (Å²) in [4.78, 5) is 24.0. The largest absolute Gasteiger partial charge is 0.318 e. The quantitative estimate of drug-likeness (QED) is 0.833. The lowest BCUT2D eigenvalue weighted by Gasteiger charge is -2.11. The Morgan fingerprint density at radius 1 is 0.682 bits per heavy atom. The number of hydrogen-bond donors (Lipinski definition) is 2. The van der Waals surface area contributed by atoms with Gasteiger partial charge in [0.15, 0.2) is 0 Å². The van der Waals surface area contributed by atoms with Gasteiger partial charge in [-0.25, -0.2) is 0 Å². The van der Waals surface area contributed by atoms with E-state index >= 15 is 0 Å². The third-order valence-corrected chi connectivity index (χ3v) is 3.47. The second kappa shape index (κ2) is 6.43. The summed E-state index contributed by atoms with van der Waals surface area (Å²) in [5.41, 5.74) is 5.35. The standard InChI is InChI=1S/C18H20N2O2/c1-11-5-7-15(13(3)9-11)19-17(21)18(22)20-16-8-6-12(2)10-14(16)4/h5-10H,1-4H3,(H,19,21)(H,20,22). The van der Waals surface area contributed by atoms with E-state index in [0.717, 1.165) is 22.3 Å². The predicted octanol–water partition coefficient (Wildman–Crippen LogP) is 3.50. The molecule has 22 heavy (non-hydrogen) atoms. The number of benzene rings is 2. The zero-order chi connectivity index (χ0) is 16.3. The fourth-order valence-electron chi connectivity index (χ4n) is 2.27. The summed E-state index contributed by atoms with van der Waals surface area (Å²) in [5, 5.41) is 5.27. The molecule has 114 valence electrons. The Balaban J connectivity index is 2.07. The van der Waals surface area contributed by atoms with E-state index in [4.69, 9.17) is 0 Å². The second-order valence-corrected chi connectivity index (χ2v) is 5.54. The van der Waals surface area contributed by atoms with E-state index in [1.54, 1.807) is 12.1 Å². The molecule has 4 nitrogen and oxygen atoms in total. The van der Waals surface area contributed by atoms with E-state index in [-0.39, 0.29) is 0 Å². The zero-order valence-corrected chi connectivity index (χ0v) is 13.3. The first-order chi connectivity index (χ1) is 10.4. The molecule has 0 atom stereocenters. The molecular formula is C18H20N2O2. The molecule has 0 saturated heterocycles. The first kappa shape index (κ1) is 15.8. The fourth-order valence-corrected chi connectivity index (χ4v) is 2.27. The number of amides is 2. The van der Waals surface area contributed by atoms with Crippen LogP contribution in [0.1, 0.15) is 22.3 Å². The molecule has 2 aromatic carbocycles. The lowest BCUT2D eigenvalue weighted by atomic mass is 10.1. The van der Waals surface area contributed by atoms with Crippen molar-refractivity contribution >= 4 is 23.2 Å². The van der Waals surface area contributed by atoms with Crippen molar-refractivity contribution in [2.75, 3.05) is 10.6 Å². The molecule has 2 rings (SSSR count). The van der Waals surface area contributed by atoms with Crippen LogP contribution in [0.25, 0.3) is 0 Å². The maximum atomic E-state index is 12.0. The SMILES string of the molecule is Cc1ccc(NC(=O)C(=O)Nc2ccc(C)cc2C)c(C)c1. The molecule has 0 radical (unpaired) electrons. The molecule has 0 aliphatic carbocycles. The smallest absolute Gasteiger partial charge is 0.314 e. The molecule has 4 heteroatoms. The van der Waals surface area contributed by atoms with Gasteiger partial charge in [-0.1, -0.05) is 35.4 Å². The Hall–Kier alpha value is -2.62. The summed E-state index contributed by atoms with van der Waals surface area (Å²) in [6.45, 7) is 7.74. The number of hydrogen-bond acceptors (Lipinski definition) is 2. The van der Waals surface area contributed by atoms with Crippen molar-refractivity contribution in [1.82, 2.24) is 0 Å². The van der Waals surface area contributed by atoms with Crippen LogP contribution in [0.2, 0.25) is 0 Å². The van der Waals surface area contributed by atoms with Crippen molar-refractivity contribution < 1.29 is 9.59 Å². The van der Waals surface area contributed by atoms with Gasteiger partial charge in [0.2, 0.25) is 0 Å². The van der Waals surface area contributed by atoms with Crippen LogP contribution in [0, 0.1) is 27.7 Å². The first-order valence-corrected chi connectivity index (χ1v) is 7.13. The molecule has 2 N–H and O–H groups in total. The van der Waals surface area contributed by atoms with Gasteiger partial charge >= 0.3 is 11.8 Å². The zero-order valence-electron chi connectivity index (χ0n) is 13.3. The van der Waals surface area contributed by atoms with Gasteiger partial charge in [0.05, 0.1) is 0 Å². The summed E-state index contributed by atoms with van der Waals surface area (Å²) < 4.78 is 0. The van der Waals surface area contributed by atoms with Gasteiger partial charge in [0.25, 0.3) is 0 Å². The predicted molar refractivity (Wildman–Crippen MR) is 89.1 cm³/mol. The van der Waals surface area contributed by atoms with E-state index in [1.807, 2.05) is 52.0 Å². The van der Waals surface area contributed by atoms with E-state index in [9.17, 15) is 9.59 Å². The van der Waals surface area contributed by atoms with E-state index < -0.39 is 11.8 Å². The average Bonchev–Trinajstić information content (AvgIpc) is 2.44. The van der Waals surface area contributed by atoms with Gasteiger partial charge < -0.3 is 10.6 Å². The number of nitrogens with one attached hydrogen (secondary N) is 2. The highest BCUT2D eigenvalue weighted by atomic mass is 16.2. The normalized spacial score (nSPS) is 10.2. The summed E-state index contributed by atoms with van der Waals surface area (Å²) in [6.07, 6.45) is 0. The average molecular weight is 296 g/mol. The highest BCUT2D eigenvalue weighted by Gasteiger charge is 2.15. The van der Waals surface area contributed by atoms with Crippen LogP contribution in [0.15, 0.2) is 36.4 Å². The topological polar surface area (TPSA) is 58.2 Å². The third kappa shape index (κ3) is 3.73. The summed E-state index contributed by atoms with van der Waals surface area (Å²) in [7, 11) is 0. The Kier molecular flexibility index (Phi) is 4.61. The molecule has 0 heterocycles. The highest BCUT2D eigenvalue weighted by molar-refractivity contribution is 6.43. The second-order valence-electron chi connectivity index (χ2n) is 5.54. The Morgan fingerprint density at radius 2 is 1.05 bits per heavy atom. The van der Waals surface area contributed by atoms with Gasteiger partial charge in [-0.3, -0.25) is 9.59 Å². The van der Waals surface area contributed by atoms with E-state index in [1.165, 1.54) is 0 Å². The summed E-state index contributed by atoms with van der Waals surface area (Å²) in [5.74, 6) is -1.35. The lowest BCUT2D eigenvalue weighted by molar-refractivity contribution is -0.133. The molecule has 0 aliphatic heterocycles. The first-order valence-electron chi connectivity index (χ1n) is 7.13. The fraction of sp³-hybridized carbons (Fsp3) is 0.222. The maximum Gasteiger partial charge on any atom is 0.314 e. The molecule has 2 aromatic rings. The van der Waals surface area contributed by atoms with Crippen LogP contribution < -0.4 is 10.6 Å². The van der Waals surface area contributed by atoms with Gasteiger partial charge in [0.1, 0.15) is 0 Å². The molecule has 0 saturated carbocycles. The van der Waals surface area contributed by atoms with Gasteiger partial charge in [-0.15, -0.1) is 0 Å². The van der Waals surface area contributed by atoms with Crippen molar-refractivity contribution in [3.05, 3.63) is 58.7 Å². The number of rotatable bonds is 2. The molecule has 0 bridgehead atoms. The minimum atomic E-state index is -0.674. The van der Waals surface area contributed by atoms with Crippen LogP contribution in [-0.4, -0.2) is 11.8 Å². The Labute approximate surface area is 130 Å². The number of carbonyl (C=O) groups excluding carboxylic acids is 2. The minimum Gasteiger partial charge on any atom is -0.318 e.